The number of quaternary nitrogens is 1. The van der Waals surface area contributed by atoms with Crippen molar-refractivity contribution in [2.45, 2.75) is 33.1 Å². The third kappa shape index (κ3) is 8.13. The van der Waals surface area contributed by atoms with Crippen molar-refractivity contribution in [3.63, 3.8) is 0 Å². The maximum atomic E-state index is 12.4. The van der Waals surface area contributed by atoms with Crippen LogP contribution in [-0.2, 0) is 22.6 Å². The number of amides is 1. The summed E-state index contributed by atoms with van der Waals surface area (Å²) in [5.41, 5.74) is 2.87. The summed E-state index contributed by atoms with van der Waals surface area (Å²) in [6.07, 6.45) is -0.716. The summed E-state index contributed by atoms with van der Waals surface area (Å²) in [7, 11) is 0. The van der Waals surface area contributed by atoms with Crippen LogP contribution in [0.2, 0.25) is 5.02 Å². The van der Waals surface area contributed by atoms with E-state index in [4.69, 9.17) is 25.8 Å². The number of aromatic nitrogens is 2. The molecule has 36 heavy (non-hydrogen) atoms. The monoisotopic (exact) mass is 534 g/mol. The quantitative estimate of drug-likeness (QED) is 0.413. The number of hydrogen-bond acceptors (Lipinski definition) is 5. The Kier molecular flexibility index (Phi) is 10.4. The smallest absolute Gasteiger partial charge is 0.413 e. The molecule has 0 radical (unpaired) electrons. The summed E-state index contributed by atoms with van der Waals surface area (Å²) in [6.45, 7) is 8.85. The van der Waals surface area contributed by atoms with Crippen molar-refractivity contribution in [2.75, 3.05) is 38.2 Å². The van der Waals surface area contributed by atoms with Crippen LogP contribution in [0, 0.1) is 6.92 Å². The van der Waals surface area contributed by atoms with Gasteiger partial charge in [0.05, 0.1) is 19.8 Å². The van der Waals surface area contributed by atoms with Gasteiger partial charge in [-0.05, 0) is 37.6 Å². The van der Waals surface area contributed by atoms with Crippen LogP contribution in [0.15, 0.2) is 54.6 Å². The average molecular weight is 535 g/mol. The first kappa shape index (κ1) is 27.8. The molecule has 1 saturated heterocycles. The Balaban J connectivity index is 0.00000361. The molecule has 0 aliphatic carbocycles. The number of aryl methyl sites for hydroxylation is 1. The second kappa shape index (κ2) is 13.5. The second-order valence-electron chi connectivity index (χ2n) is 8.76. The minimum Gasteiger partial charge on any atom is -1.00 e. The first-order valence-corrected chi connectivity index (χ1v) is 12.2. The Morgan fingerprint density at radius 1 is 1.19 bits per heavy atom. The fourth-order valence-corrected chi connectivity index (χ4v) is 4.26. The minimum absolute atomic E-state index is 0. The largest absolute Gasteiger partial charge is 1.00 e. The van der Waals surface area contributed by atoms with Crippen LogP contribution >= 0.6 is 11.6 Å². The van der Waals surface area contributed by atoms with E-state index in [-0.39, 0.29) is 18.5 Å². The van der Waals surface area contributed by atoms with E-state index in [1.54, 1.807) is 4.68 Å². The van der Waals surface area contributed by atoms with Gasteiger partial charge in [-0.2, -0.15) is 5.10 Å². The van der Waals surface area contributed by atoms with Crippen molar-refractivity contribution in [2.24, 2.45) is 0 Å². The van der Waals surface area contributed by atoms with Gasteiger partial charge in [0.25, 0.3) is 0 Å². The zero-order valence-corrected chi connectivity index (χ0v) is 22.0. The molecule has 1 aromatic heterocycles. The van der Waals surface area contributed by atoms with Crippen molar-refractivity contribution < 1.29 is 36.3 Å². The Morgan fingerprint density at radius 3 is 2.69 bits per heavy atom. The van der Waals surface area contributed by atoms with Crippen LogP contribution in [0.25, 0.3) is 0 Å². The van der Waals surface area contributed by atoms with Gasteiger partial charge >= 0.3 is 6.09 Å². The van der Waals surface area contributed by atoms with E-state index in [0.29, 0.717) is 24.0 Å². The van der Waals surface area contributed by atoms with E-state index in [2.05, 4.69) is 10.4 Å². The van der Waals surface area contributed by atoms with Gasteiger partial charge in [-0.1, -0.05) is 41.9 Å². The Hall–Kier alpha value is -2.78. The van der Waals surface area contributed by atoms with E-state index in [1.165, 1.54) is 4.90 Å². The lowest BCUT2D eigenvalue weighted by atomic mass is 10.2. The Morgan fingerprint density at radius 2 is 1.94 bits per heavy atom. The number of morpholine rings is 1. The van der Waals surface area contributed by atoms with Crippen LogP contribution in [0.5, 0.6) is 5.75 Å². The number of carbonyl (C=O) groups is 1. The van der Waals surface area contributed by atoms with Crippen molar-refractivity contribution in [1.29, 1.82) is 0 Å². The minimum atomic E-state index is -0.510. The topological polar surface area (TPSA) is 79.0 Å². The molecule has 4 rings (SSSR count). The van der Waals surface area contributed by atoms with Gasteiger partial charge in [-0.25, -0.2) is 4.79 Å². The number of benzene rings is 2. The summed E-state index contributed by atoms with van der Waals surface area (Å²) < 4.78 is 18.8. The summed E-state index contributed by atoms with van der Waals surface area (Å²) in [4.78, 5) is 13.8. The van der Waals surface area contributed by atoms with E-state index < -0.39 is 6.09 Å². The lowest BCUT2D eigenvalue weighted by Crippen LogP contribution is -3.15. The highest BCUT2D eigenvalue weighted by atomic mass is 35.5. The number of carbonyl (C=O) groups excluding carboxylic acids is 1. The highest BCUT2D eigenvalue weighted by Gasteiger charge is 2.20. The number of ether oxygens (including phenoxy) is 3. The molecule has 194 valence electrons. The maximum Gasteiger partial charge on any atom is 0.413 e. The van der Waals surface area contributed by atoms with Crippen LogP contribution < -0.4 is 27.4 Å². The molecule has 2 N–H and O–H groups in total. The number of halogens is 2. The van der Waals surface area contributed by atoms with Crippen molar-refractivity contribution in [3.8, 4) is 5.75 Å². The molecule has 8 nitrogen and oxygen atoms in total. The molecule has 0 saturated carbocycles. The lowest BCUT2D eigenvalue weighted by molar-refractivity contribution is -0.910. The van der Waals surface area contributed by atoms with Crippen molar-refractivity contribution >= 4 is 23.5 Å². The Bertz CT molecular complexity index is 1120. The van der Waals surface area contributed by atoms with Gasteiger partial charge in [-0.15, -0.1) is 0 Å². The number of rotatable bonds is 9. The molecule has 1 amide bonds. The zero-order chi connectivity index (χ0) is 24.6. The number of hydrogen-bond donors (Lipinski definition) is 2. The van der Waals surface area contributed by atoms with E-state index in [1.807, 2.05) is 68.4 Å². The first-order chi connectivity index (χ1) is 17.0. The molecule has 10 heteroatoms. The van der Waals surface area contributed by atoms with E-state index in [0.717, 1.165) is 55.4 Å². The van der Waals surface area contributed by atoms with Gasteiger partial charge < -0.3 is 31.5 Å². The standard InChI is InChI=1S/C26H31ClN4O4.ClH/c1-19-14-25(28-26(32)35-20(2)16-30-10-12-33-13-11-30)29-31(19)17-22-15-23(27)8-9-24(22)34-18-21-6-4-3-5-7-21;/h3-9,14-15,20H,10-13,16-18H2,1-2H3,(H,28,29,32);1H. The summed E-state index contributed by atoms with van der Waals surface area (Å²) in [6, 6.07) is 17.4. The molecular weight excluding hydrogens is 503 g/mol. The summed E-state index contributed by atoms with van der Waals surface area (Å²) in [5, 5.41) is 7.91. The molecule has 1 aliphatic rings. The molecular formula is C26H32Cl2N4O4. The molecule has 1 aliphatic heterocycles. The predicted molar refractivity (Wildman–Crippen MR) is 134 cm³/mol. The number of anilines is 1. The number of nitrogens with zero attached hydrogens (tertiary/aromatic N) is 2. The summed E-state index contributed by atoms with van der Waals surface area (Å²) in [5.74, 6) is 1.17. The molecule has 3 aromatic rings. The van der Waals surface area contributed by atoms with Crippen LogP contribution in [0.3, 0.4) is 0 Å². The van der Waals surface area contributed by atoms with E-state index >= 15 is 0 Å². The van der Waals surface area contributed by atoms with Crippen LogP contribution in [0.4, 0.5) is 10.6 Å². The fraction of sp³-hybridized carbons (Fsp3) is 0.385. The number of nitrogens with one attached hydrogen (secondary N) is 2. The predicted octanol–water partition coefficient (Wildman–Crippen LogP) is 0.328. The molecule has 2 heterocycles. The van der Waals surface area contributed by atoms with Crippen LogP contribution in [0.1, 0.15) is 23.7 Å². The third-order valence-corrected chi connectivity index (χ3v) is 6.11. The van der Waals surface area contributed by atoms with E-state index in [9.17, 15) is 4.79 Å². The van der Waals surface area contributed by atoms with Gasteiger partial charge in [-0.3, -0.25) is 10.00 Å². The van der Waals surface area contributed by atoms with Gasteiger partial charge in [0.15, 0.2) is 5.82 Å². The second-order valence-corrected chi connectivity index (χ2v) is 9.20. The third-order valence-electron chi connectivity index (χ3n) is 5.88. The molecule has 2 aromatic carbocycles. The fourth-order valence-electron chi connectivity index (χ4n) is 4.07. The molecule has 1 fully saturated rings. The maximum absolute atomic E-state index is 12.4. The van der Waals surface area contributed by atoms with Gasteiger partial charge in [0.1, 0.15) is 38.1 Å². The zero-order valence-electron chi connectivity index (χ0n) is 20.5. The van der Waals surface area contributed by atoms with Gasteiger partial charge in [0.2, 0.25) is 0 Å². The first-order valence-electron chi connectivity index (χ1n) is 11.8. The van der Waals surface area contributed by atoms with Crippen molar-refractivity contribution in [1.82, 2.24) is 9.78 Å². The summed E-state index contributed by atoms with van der Waals surface area (Å²) >= 11 is 6.26. The Labute approximate surface area is 222 Å². The highest BCUT2D eigenvalue weighted by Crippen LogP contribution is 2.25. The molecule has 1 unspecified atom stereocenters. The molecule has 1 atom stereocenters. The van der Waals surface area contributed by atoms with Gasteiger partial charge in [0, 0.05) is 22.3 Å². The lowest BCUT2D eigenvalue weighted by Gasteiger charge is -2.26. The molecule has 0 bridgehead atoms. The SMILES string of the molecule is Cc1cc(NC(=O)OC(C)C[NH+]2CCOCC2)nn1Cc1cc(Cl)ccc1OCc1ccccc1.[Cl-]. The van der Waals surface area contributed by atoms with Crippen molar-refractivity contribution in [3.05, 3.63) is 76.4 Å². The normalized spacial score (nSPS) is 14.5. The highest BCUT2D eigenvalue weighted by molar-refractivity contribution is 6.30. The van der Waals surface area contributed by atoms with Crippen LogP contribution in [-0.4, -0.2) is 54.8 Å². The molecule has 0 spiro atoms. The average Bonchev–Trinajstić information content (AvgIpc) is 3.17.